The average Bonchev–Trinajstić information content (AvgIpc) is 3.42. The maximum atomic E-state index is 12.3. The van der Waals surface area contributed by atoms with E-state index in [9.17, 15) is 13.5 Å². The van der Waals surface area contributed by atoms with Crippen LogP contribution in [0.3, 0.4) is 0 Å². The van der Waals surface area contributed by atoms with E-state index in [1.54, 1.807) is 13.3 Å². The standard InChI is InChI=1S/C21H36N8O5S/c1-4-15(13(3)30)25-21-26-19(18-20(27-21)28(5-2)12-23-18)24-16-6-7-29(35(22,31)32)17(16)10-14-11-33-8-9-34-14/h12-17,30H,4-11H2,1-3H3,(H2,22,31,32)(H2,24,25,26,27)/t13-,14+,15+,16?,17?/m1/s1. The number of hydrogen-bond donors (Lipinski definition) is 4. The van der Waals surface area contributed by atoms with Crippen LogP contribution in [-0.4, -0.2) is 94.0 Å². The first-order valence-corrected chi connectivity index (χ1v) is 13.6. The summed E-state index contributed by atoms with van der Waals surface area (Å²) in [6.45, 7) is 8.06. The minimum atomic E-state index is -3.90. The van der Waals surface area contributed by atoms with Crippen LogP contribution >= 0.6 is 0 Å². The number of nitrogens with one attached hydrogen (secondary N) is 2. The third kappa shape index (κ3) is 5.84. The quantitative estimate of drug-likeness (QED) is 0.347. The van der Waals surface area contributed by atoms with E-state index in [0.717, 1.165) is 0 Å². The topological polar surface area (TPSA) is 170 Å². The zero-order chi connectivity index (χ0) is 25.2. The van der Waals surface area contributed by atoms with Crippen molar-refractivity contribution in [1.82, 2.24) is 23.8 Å². The molecule has 0 saturated carbocycles. The molecule has 0 aromatic carbocycles. The second-order valence-electron chi connectivity index (χ2n) is 9.06. The van der Waals surface area contributed by atoms with Gasteiger partial charge in [-0.25, -0.2) is 10.1 Å². The van der Waals surface area contributed by atoms with Gasteiger partial charge in [0.1, 0.15) is 0 Å². The highest BCUT2D eigenvalue weighted by molar-refractivity contribution is 7.86. The highest BCUT2D eigenvalue weighted by atomic mass is 32.2. The van der Waals surface area contributed by atoms with E-state index < -0.39 is 22.4 Å². The molecule has 35 heavy (non-hydrogen) atoms. The maximum absolute atomic E-state index is 12.3. The minimum absolute atomic E-state index is 0.223. The molecule has 5 atom stereocenters. The zero-order valence-corrected chi connectivity index (χ0v) is 21.2. The van der Waals surface area contributed by atoms with E-state index in [1.165, 1.54) is 4.31 Å². The van der Waals surface area contributed by atoms with E-state index in [-0.39, 0.29) is 24.7 Å². The summed E-state index contributed by atoms with van der Waals surface area (Å²) >= 11 is 0. The number of fused-ring (bicyclic) bond motifs is 1. The molecule has 4 rings (SSSR count). The van der Waals surface area contributed by atoms with Crippen LogP contribution < -0.4 is 15.8 Å². The Morgan fingerprint density at radius 1 is 1.31 bits per heavy atom. The number of aliphatic hydroxyl groups is 1. The monoisotopic (exact) mass is 512 g/mol. The Labute approximate surface area is 205 Å². The predicted molar refractivity (Wildman–Crippen MR) is 131 cm³/mol. The van der Waals surface area contributed by atoms with Gasteiger partial charge in [-0.3, -0.25) is 0 Å². The summed E-state index contributed by atoms with van der Waals surface area (Å²) < 4.78 is 39.2. The second kappa shape index (κ2) is 10.9. The van der Waals surface area contributed by atoms with Crippen LogP contribution in [0.5, 0.6) is 0 Å². The Balaban J connectivity index is 1.66. The third-order valence-corrected chi connectivity index (χ3v) is 7.78. The van der Waals surface area contributed by atoms with Gasteiger partial charge in [0, 0.05) is 25.2 Å². The van der Waals surface area contributed by atoms with Crippen LogP contribution in [-0.2, 0) is 26.2 Å². The molecule has 2 aliphatic heterocycles. The molecule has 2 fully saturated rings. The Bertz CT molecular complexity index is 1100. The molecule has 13 nitrogen and oxygen atoms in total. The van der Waals surface area contributed by atoms with Gasteiger partial charge < -0.3 is 29.8 Å². The molecule has 4 heterocycles. The molecule has 0 aliphatic carbocycles. The molecule has 0 amide bonds. The van der Waals surface area contributed by atoms with Crippen LogP contribution in [0, 0.1) is 0 Å². The molecule has 0 spiro atoms. The molecule has 2 saturated heterocycles. The first-order valence-electron chi connectivity index (χ1n) is 12.1. The number of aryl methyl sites for hydroxylation is 1. The number of imidazole rings is 1. The fourth-order valence-corrected chi connectivity index (χ4v) is 5.75. The van der Waals surface area contributed by atoms with Crippen LogP contribution in [0.4, 0.5) is 11.8 Å². The molecule has 2 aromatic rings. The van der Waals surface area contributed by atoms with Gasteiger partial charge in [-0.05, 0) is 33.1 Å². The van der Waals surface area contributed by atoms with Crippen molar-refractivity contribution in [2.45, 2.75) is 76.9 Å². The van der Waals surface area contributed by atoms with E-state index in [1.807, 2.05) is 18.4 Å². The Kier molecular flexibility index (Phi) is 8.08. The van der Waals surface area contributed by atoms with E-state index in [0.29, 0.717) is 68.6 Å². The molecule has 2 aliphatic rings. The lowest BCUT2D eigenvalue weighted by Gasteiger charge is -2.32. The summed E-state index contributed by atoms with van der Waals surface area (Å²) in [5.41, 5.74) is 1.24. The molecular weight excluding hydrogens is 476 g/mol. The number of aromatic nitrogens is 4. The normalized spacial score (nSPS) is 25.6. The number of anilines is 2. The van der Waals surface area contributed by atoms with Gasteiger partial charge in [0.05, 0.1) is 44.4 Å². The zero-order valence-electron chi connectivity index (χ0n) is 20.4. The fourth-order valence-electron chi connectivity index (χ4n) is 4.78. The minimum Gasteiger partial charge on any atom is -0.391 e. The van der Waals surface area contributed by atoms with Crippen molar-refractivity contribution >= 4 is 33.1 Å². The van der Waals surface area contributed by atoms with E-state index in [2.05, 4.69) is 25.6 Å². The van der Waals surface area contributed by atoms with E-state index in [4.69, 9.17) is 14.6 Å². The number of aliphatic hydroxyl groups excluding tert-OH is 1. The van der Waals surface area contributed by atoms with Crippen molar-refractivity contribution in [2.24, 2.45) is 5.14 Å². The van der Waals surface area contributed by atoms with Crippen LogP contribution in [0.2, 0.25) is 0 Å². The van der Waals surface area contributed by atoms with Crippen molar-refractivity contribution < 1.29 is 23.0 Å². The third-order valence-electron chi connectivity index (χ3n) is 6.67. The van der Waals surface area contributed by atoms with Gasteiger partial charge in [-0.1, -0.05) is 6.92 Å². The first kappa shape index (κ1) is 26.0. The van der Waals surface area contributed by atoms with Crippen molar-refractivity contribution in [3.8, 4) is 0 Å². The van der Waals surface area contributed by atoms with Crippen molar-refractivity contribution in [2.75, 3.05) is 37.0 Å². The van der Waals surface area contributed by atoms with Crippen LogP contribution in [0.15, 0.2) is 6.33 Å². The van der Waals surface area contributed by atoms with E-state index >= 15 is 0 Å². The highest BCUT2D eigenvalue weighted by Gasteiger charge is 2.42. The lowest BCUT2D eigenvalue weighted by Crippen LogP contribution is -2.48. The highest BCUT2D eigenvalue weighted by Crippen LogP contribution is 2.30. The van der Waals surface area contributed by atoms with Gasteiger partial charge in [-0.2, -0.15) is 22.7 Å². The van der Waals surface area contributed by atoms with Crippen LogP contribution in [0.1, 0.15) is 40.0 Å². The number of rotatable bonds is 10. The van der Waals surface area contributed by atoms with Crippen molar-refractivity contribution in [1.29, 1.82) is 0 Å². The second-order valence-corrected chi connectivity index (χ2v) is 10.6. The van der Waals surface area contributed by atoms with Crippen LogP contribution in [0.25, 0.3) is 11.2 Å². The fraction of sp³-hybridized carbons (Fsp3) is 0.762. The summed E-state index contributed by atoms with van der Waals surface area (Å²) in [6.07, 6.45) is 2.56. The molecular formula is C21H36N8O5S. The lowest BCUT2D eigenvalue weighted by atomic mass is 10.0. The van der Waals surface area contributed by atoms with Crippen molar-refractivity contribution in [3.63, 3.8) is 0 Å². The first-order chi connectivity index (χ1) is 16.7. The Hall–Kier alpha value is -2.10. The van der Waals surface area contributed by atoms with Gasteiger partial charge >= 0.3 is 0 Å². The number of nitrogens with zero attached hydrogens (tertiary/aromatic N) is 5. The number of ether oxygens (including phenoxy) is 2. The summed E-state index contributed by atoms with van der Waals surface area (Å²) in [6, 6.07) is -0.929. The van der Waals surface area contributed by atoms with Gasteiger partial charge in [-0.15, -0.1) is 0 Å². The number of nitrogens with two attached hydrogens (primary N) is 1. The van der Waals surface area contributed by atoms with Gasteiger partial charge in [0.15, 0.2) is 17.0 Å². The number of hydrogen-bond acceptors (Lipinski definition) is 10. The molecule has 14 heteroatoms. The lowest BCUT2D eigenvalue weighted by molar-refractivity contribution is -0.0950. The summed E-state index contributed by atoms with van der Waals surface area (Å²) in [7, 11) is -3.90. The Morgan fingerprint density at radius 3 is 2.74 bits per heavy atom. The smallest absolute Gasteiger partial charge is 0.277 e. The van der Waals surface area contributed by atoms with Gasteiger partial charge in [0.2, 0.25) is 5.95 Å². The summed E-state index contributed by atoms with van der Waals surface area (Å²) in [5, 5.41) is 22.3. The summed E-state index contributed by atoms with van der Waals surface area (Å²) in [5.74, 6) is 0.863. The molecule has 5 N–H and O–H groups in total. The average molecular weight is 513 g/mol. The van der Waals surface area contributed by atoms with Gasteiger partial charge in [0.25, 0.3) is 10.2 Å². The molecule has 0 radical (unpaired) electrons. The molecule has 2 unspecified atom stereocenters. The maximum Gasteiger partial charge on any atom is 0.277 e. The molecule has 2 aromatic heterocycles. The van der Waals surface area contributed by atoms with Crippen molar-refractivity contribution in [3.05, 3.63) is 6.33 Å². The summed E-state index contributed by atoms with van der Waals surface area (Å²) in [4.78, 5) is 13.8. The Morgan fingerprint density at radius 2 is 2.11 bits per heavy atom. The molecule has 0 bridgehead atoms. The molecule has 196 valence electrons. The predicted octanol–water partition coefficient (Wildman–Crippen LogP) is 0.281. The largest absolute Gasteiger partial charge is 0.391 e. The SMILES string of the molecule is CC[C@H](Nc1nc(NC2CCN(S(N)(=O)=O)C2C[C@H]2COCCO2)c2ncn(CC)c2n1)[C@@H](C)O.